The van der Waals surface area contributed by atoms with Crippen LogP contribution >= 0.6 is 12.4 Å². The maximum absolute atomic E-state index is 13.4. The van der Waals surface area contributed by atoms with Gasteiger partial charge in [-0.3, -0.25) is 4.68 Å². The lowest BCUT2D eigenvalue weighted by molar-refractivity contribution is 0.545. The maximum atomic E-state index is 13.4. The third kappa shape index (κ3) is 1.86. The molecule has 20 heavy (non-hydrogen) atoms. The number of aryl methyl sites for hydroxylation is 1. The number of fused-ring (bicyclic) bond motifs is 3. The van der Waals surface area contributed by atoms with Crippen LogP contribution in [0.25, 0.3) is 11.3 Å². The van der Waals surface area contributed by atoms with Crippen LogP contribution < -0.4 is 5.32 Å². The fourth-order valence-electron chi connectivity index (χ4n) is 3.59. The average Bonchev–Trinajstić information content (AvgIpc) is 3.02. The van der Waals surface area contributed by atoms with Crippen LogP contribution in [0, 0.1) is 11.7 Å². The highest BCUT2D eigenvalue weighted by atomic mass is 35.5. The number of nitrogens with one attached hydrogen (secondary N) is 1. The number of benzene rings is 1. The van der Waals surface area contributed by atoms with Gasteiger partial charge in [-0.1, -0.05) is 12.1 Å². The maximum Gasteiger partial charge on any atom is 0.123 e. The third-order valence-corrected chi connectivity index (χ3v) is 4.47. The van der Waals surface area contributed by atoms with Crippen LogP contribution in [-0.4, -0.2) is 22.9 Å². The SMILES string of the molecule is Cl.Cn1nc(-c2cccc(F)c2)c2c1C[C@@H]1CNC[C@H]21. The largest absolute Gasteiger partial charge is 0.316 e. The standard InChI is InChI=1S/C15H16FN3.ClH/c1-19-13-6-10-7-17-8-12(10)14(13)15(18-19)9-3-2-4-11(16)5-9;/h2-5,10,12,17H,6-8H2,1H3;1H/t10-,12+;/m1./s1. The summed E-state index contributed by atoms with van der Waals surface area (Å²) in [7, 11) is 2.00. The van der Waals surface area contributed by atoms with Crippen LogP contribution in [0.5, 0.6) is 0 Å². The molecule has 1 N–H and O–H groups in total. The second-order valence-electron chi connectivity index (χ2n) is 5.57. The summed E-state index contributed by atoms with van der Waals surface area (Å²) in [6.45, 7) is 2.10. The van der Waals surface area contributed by atoms with Crippen molar-refractivity contribution >= 4 is 12.4 Å². The van der Waals surface area contributed by atoms with E-state index in [1.807, 2.05) is 17.8 Å². The number of hydrogen-bond donors (Lipinski definition) is 1. The Hall–Kier alpha value is -1.39. The molecule has 1 fully saturated rings. The molecule has 2 atom stereocenters. The number of rotatable bonds is 1. The van der Waals surface area contributed by atoms with Crippen molar-refractivity contribution in [3.63, 3.8) is 0 Å². The molecule has 5 heteroatoms. The minimum atomic E-state index is -0.198. The van der Waals surface area contributed by atoms with Gasteiger partial charge in [-0.05, 0) is 31.0 Å². The quantitative estimate of drug-likeness (QED) is 0.875. The Kier molecular flexibility index (Phi) is 3.30. The Morgan fingerprint density at radius 2 is 2.20 bits per heavy atom. The lowest BCUT2D eigenvalue weighted by Crippen LogP contribution is -2.11. The van der Waals surface area contributed by atoms with Gasteiger partial charge >= 0.3 is 0 Å². The molecule has 3 nitrogen and oxygen atoms in total. The van der Waals surface area contributed by atoms with Crippen molar-refractivity contribution in [1.82, 2.24) is 15.1 Å². The van der Waals surface area contributed by atoms with Crippen molar-refractivity contribution in [2.45, 2.75) is 12.3 Å². The van der Waals surface area contributed by atoms with Gasteiger partial charge in [0, 0.05) is 36.3 Å². The van der Waals surface area contributed by atoms with E-state index in [9.17, 15) is 4.39 Å². The number of hydrogen-bond acceptors (Lipinski definition) is 2. The Morgan fingerprint density at radius 3 is 3.00 bits per heavy atom. The molecule has 0 unspecified atom stereocenters. The van der Waals surface area contributed by atoms with Crippen LogP contribution in [0.1, 0.15) is 17.2 Å². The van der Waals surface area contributed by atoms with Crippen molar-refractivity contribution < 1.29 is 4.39 Å². The first kappa shape index (κ1) is 13.6. The lowest BCUT2D eigenvalue weighted by Gasteiger charge is -2.10. The molecule has 1 aromatic carbocycles. The van der Waals surface area contributed by atoms with Gasteiger partial charge in [0.05, 0.1) is 5.69 Å². The van der Waals surface area contributed by atoms with Gasteiger partial charge < -0.3 is 5.32 Å². The fourth-order valence-corrected chi connectivity index (χ4v) is 3.59. The molecule has 2 aromatic rings. The van der Waals surface area contributed by atoms with Crippen molar-refractivity contribution in [1.29, 1.82) is 0 Å². The molecule has 1 aliphatic heterocycles. The van der Waals surface area contributed by atoms with Crippen LogP contribution in [0.4, 0.5) is 4.39 Å². The van der Waals surface area contributed by atoms with E-state index in [1.54, 1.807) is 12.1 Å². The van der Waals surface area contributed by atoms with E-state index in [-0.39, 0.29) is 18.2 Å². The highest BCUT2D eigenvalue weighted by molar-refractivity contribution is 5.85. The zero-order valence-corrected chi connectivity index (χ0v) is 12.1. The average molecular weight is 294 g/mol. The van der Waals surface area contributed by atoms with E-state index in [2.05, 4.69) is 10.4 Å². The molecular weight excluding hydrogens is 277 g/mol. The monoisotopic (exact) mass is 293 g/mol. The number of aromatic nitrogens is 2. The molecule has 0 saturated carbocycles. The van der Waals surface area contributed by atoms with E-state index in [0.717, 1.165) is 30.8 Å². The highest BCUT2D eigenvalue weighted by Gasteiger charge is 2.40. The zero-order valence-electron chi connectivity index (χ0n) is 11.3. The van der Waals surface area contributed by atoms with E-state index in [4.69, 9.17) is 0 Å². The number of halogens is 2. The molecule has 0 radical (unpaired) electrons. The smallest absolute Gasteiger partial charge is 0.123 e. The molecule has 1 saturated heterocycles. The molecule has 0 amide bonds. The first-order valence-electron chi connectivity index (χ1n) is 6.76. The van der Waals surface area contributed by atoms with Gasteiger partial charge in [-0.25, -0.2) is 4.39 Å². The summed E-state index contributed by atoms with van der Waals surface area (Å²) < 4.78 is 15.4. The topological polar surface area (TPSA) is 29.9 Å². The van der Waals surface area contributed by atoms with E-state index >= 15 is 0 Å². The molecule has 4 rings (SSSR count). The molecule has 0 bridgehead atoms. The Morgan fingerprint density at radius 1 is 1.35 bits per heavy atom. The van der Waals surface area contributed by atoms with Crippen molar-refractivity contribution in [2.24, 2.45) is 13.0 Å². The third-order valence-electron chi connectivity index (χ3n) is 4.47. The Balaban J connectivity index is 0.00000121. The summed E-state index contributed by atoms with van der Waals surface area (Å²) in [5.74, 6) is 1.03. The fraction of sp³-hybridized carbons (Fsp3) is 0.400. The summed E-state index contributed by atoms with van der Waals surface area (Å²) in [5.41, 5.74) is 4.52. The van der Waals surface area contributed by atoms with Gasteiger partial charge in [-0.2, -0.15) is 5.10 Å². The summed E-state index contributed by atoms with van der Waals surface area (Å²) in [6, 6.07) is 6.76. The molecule has 2 heterocycles. The summed E-state index contributed by atoms with van der Waals surface area (Å²) in [6.07, 6.45) is 1.09. The van der Waals surface area contributed by atoms with Crippen LogP contribution in [0.3, 0.4) is 0 Å². The van der Waals surface area contributed by atoms with Gasteiger partial charge in [-0.15, -0.1) is 12.4 Å². The van der Waals surface area contributed by atoms with Crippen molar-refractivity contribution in [3.8, 4) is 11.3 Å². The second-order valence-corrected chi connectivity index (χ2v) is 5.57. The van der Waals surface area contributed by atoms with Gasteiger partial charge in [0.15, 0.2) is 0 Å². The van der Waals surface area contributed by atoms with Crippen LogP contribution in [-0.2, 0) is 13.5 Å². The summed E-state index contributed by atoms with van der Waals surface area (Å²) in [4.78, 5) is 0. The molecule has 0 spiro atoms. The first-order chi connectivity index (χ1) is 9.24. The van der Waals surface area contributed by atoms with Crippen molar-refractivity contribution in [3.05, 3.63) is 41.3 Å². The molecule has 1 aromatic heterocycles. The second kappa shape index (κ2) is 4.86. The Bertz CT molecular complexity index is 653. The molecular formula is C15H17ClFN3. The molecule has 1 aliphatic carbocycles. The van der Waals surface area contributed by atoms with Gasteiger partial charge in [0.1, 0.15) is 5.82 Å². The highest BCUT2D eigenvalue weighted by Crippen LogP contribution is 2.44. The molecule has 2 aliphatic rings. The lowest BCUT2D eigenvalue weighted by atomic mass is 9.94. The van der Waals surface area contributed by atoms with Crippen molar-refractivity contribution in [2.75, 3.05) is 13.1 Å². The predicted molar refractivity (Wildman–Crippen MR) is 78.7 cm³/mol. The molecule has 106 valence electrons. The Labute approximate surface area is 123 Å². The van der Waals surface area contributed by atoms with E-state index < -0.39 is 0 Å². The van der Waals surface area contributed by atoms with E-state index in [1.165, 1.54) is 17.3 Å². The first-order valence-corrected chi connectivity index (χ1v) is 6.76. The normalized spacial score (nSPS) is 23.3. The van der Waals surface area contributed by atoms with Crippen LogP contribution in [0.15, 0.2) is 24.3 Å². The minimum Gasteiger partial charge on any atom is -0.316 e. The zero-order chi connectivity index (χ0) is 13.0. The van der Waals surface area contributed by atoms with Gasteiger partial charge in [0.2, 0.25) is 0 Å². The predicted octanol–water partition coefficient (Wildman–Crippen LogP) is 2.51. The van der Waals surface area contributed by atoms with Gasteiger partial charge in [0.25, 0.3) is 0 Å². The van der Waals surface area contributed by atoms with Crippen LogP contribution in [0.2, 0.25) is 0 Å². The minimum absolute atomic E-state index is 0. The van der Waals surface area contributed by atoms with E-state index in [0.29, 0.717) is 11.8 Å². The summed E-state index contributed by atoms with van der Waals surface area (Å²) >= 11 is 0. The number of nitrogens with zero attached hydrogens (tertiary/aromatic N) is 2. The summed E-state index contributed by atoms with van der Waals surface area (Å²) in [5, 5.41) is 8.08.